The first-order chi connectivity index (χ1) is 8.71. The number of carbonyl (C=O) groups is 1. The molecule has 8 nitrogen and oxygen atoms in total. The van der Waals surface area contributed by atoms with Crippen LogP contribution in [0.5, 0.6) is 0 Å². The number of amides is 1. The van der Waals surface area contributed by atoms with Crippen molar-refractivity contribution in [3.05, 3.63) is 11.9 Å². The highest BCUT2D eigenvalue weighted by Crippen LogP contribution is 1.94. The van der Waals surface area contributed by atoms with E-state index in [2.05, 4.69) is 15.6 Å². The predicted octanol–water partition coefficient (Wildman–Crippen LogP) is -1.37. The van der Waals surface area contributed by atoms with Crippen molar-refractivity contribution in [3.63, 3.8) is 0 Å². The summed E-state index contributed by atoms with van der Waals surface area (Å²) in [6.07, 6.45) is 1.37. The SMILES string of the molecule is COCC(CNC(=O)c1cn(CCN)nn1)OC. The van der Waals surface area contributed by atoms with Gasteiger partial charge in [-0.05, 0) is 0 Å². The number of aromatic nitrogens is 3. The number of hydrogen-bond donors (Lipinski definition) is 2. The molecule has 1 amide bonds. The monoisotopic (exact) mass is 257 g/mol. The van der Waals surface area contributed by atoms with Crippen LogP contribution in [0, 0.1) is 0 Å². The first-order valence-corrected chi connectivity index (χ1v) is 5.61. The Labute approximate surface area is 105 Å². The van der Waals surface area contributed by atoms with Gasteiger partial charge in [0, 0.05) is 27.3 Å². The number of ether oxygens (including phenoxy) is 2. The standard InChI is InChI=1S/C10H19N5O3/c1-17-7-8(18-2)5-12-10(16)9-6-15(4-3-11)14-13-9/h6,8H,3-5,7,11H2,1-2H3,(H,12,16). The quantitative estimate of drug-likeness (QED) is 0.595. The van der Waals surface area contributed by atoms with Gasteiger partial charge in [0.25, 0.3) is 5.91 Å². The van der Waals surface area contributed by atoms with E-state index in [1.807, 2.05) is 0 Å². The number of nitrogens with two attached hydrogens (primary N) is 1. The van der Waals surface area contributed by atoms with Crippen LogP contribution >= 0.6 is 0 Å². The third-order valence-electron chi connectivity index (χ3n) is 2.31. The van der Waals surface area contributed by atoms with Crippen LogP contribution in [0.1, 0.15) is 10.5 Å². The van der Waals surface area contributed by atoms with Crippen molar-refractivity contribution >= 4 is 5.91 Å². The van der Waals surface area contributed by atoms with Crippen LogP contribution in [-0.2, 0) is 16.0 Å². The minimum Gasteiger partial charge on any atom is -0.382 e. The van der Waals surface area contributed by atoms with Crippen LogP contribution in [0.3, 0.4) is 0 Å². The molecule has 0 aliphatic carbocycles. The topological polar surface area (TPSA) is 104 Å². The molecule has 0 saturated carbocycles. The smallest absolute Gasteiger partial charge is 0.273 e. The largest absolute Gasteiger partial charge is 0.382 e. The minimum absolute atomic E-state index is 0.182. The molecule has 0 bridgehead atoms. The van der Waals surface area contributed by atoms with Gasteiger partial charge in [-0.15, -0.1) is 5.10 Å². The Morgan fingerprint density at radius 3 is 3.00 bits per heavy atom. The number of rotatable bonds is 8. The summed E-state index contributed by atoms with van der Waals surface area (Å²) in [5.41, 5.74) is 5.64. The summed E-state index contributed by atoms with van der Waals surface area (Å²) in [5.74, 6) is -0.295. The molecular weight excluding hydrogens is 238 g/mol. The van der Waals surface area contributed by atoms with Crippen LogP contribution in [0.25, 0.3) is 0 Å². The molecule has 0 aliphatic heterocycles. The maximum atomic E-state index is 11.7. The third kappa shape index (κ3) is 4.40. The summed E-state index contributed by atoms with van der Waals surface area (Å²) in [4.78, 5) is 11.7. The fraction of sp³-hybridized carbons (Fsp3) is 0.700. The van der Waals surface area contributed by atoms with Gasteiger partial charge >= 0.3 is 0 Å². The Balaban J connectivity index is 2.43. The van der Waals surface area contributed by atoms with Crippen molar-refractivity contribution in [1.82, 2.24) is 20.3 Å². The summed E-state index contributed by atoms with van der Waals surface area (Å²) < 4.78 is 11.6. The van der Waals surface area contributed by atoms with Crippen molar-refractivity contribution in [2.45, 2.75) is 12.6 Å². The molecule has 8 heteroatoms. The molecule has 1 aromatic rings. The van der Waals surface area contributed by atoms with Crippen LogP contribution in [0.4, 0.5) is 0 Å². The first kappa shape index (κ1) is 14.6. The zero-order valence-corrected chi connectivity index (χ0v) is 10.6. The predicted molar refractivity (Wildman–Crippen MR) is 64.1 cm³/mol. The van der Waals surface area contributed by atoms with Crippen LogP contribution in [0.15, 0.2) is 6.20 Å². The number of hydrogen-bond acceptors (Lipinski definition) is 6. The molecule has 0 radical (unpaired) electrons. The lowest BCUT2D eigenvalue weighted by atomic mass is 10.3. The van der Waals surface area contributed by atoms with E-state index >= 15 is 0 Å². The second-order valence-corrected chi connectivity index (χ2v) is 3.68. The minimum atomic E-state index is -0.295. The Bertz CT molecular complexity index is 368. The Morgan fingerprint density at radius 1 is 1.61 bits per heavy atom. The van der Waals surface area contributed by atoms with E-state index in [4.69, 9.17) is 15.2 Å². The molecule has 3 N–H and O–H groups in total. The van der Waals surface area contributed by atoms with Gasteiger partial charge in [0.1, 0.15) is 0 Å². The molecule has 0 aliphatic rings. The highest BCUT2D eigenvalue weighted by molar-refractivity contribution is 5.91. The highest BCUT2D eigenvalue weighted by atomic mass is 16.5. The summed E-state index contributed by atoms with van der Waals surface area (Å²) in [6.45, 7) is 1.75. The molecule has 102 valence electrons. The molecule has 0 spiro atoms. The zero-order valence-electron chi connectivity index (χ0n) is 10.6. The molecule has 0 saturated heterocycles. The van der Waals surface area contributed by atoms with E-state index in [9.17, 15) is 4.79 Å². The fourth-order valence-corrected chi connectivity index (χ4v) is 1.34. The molecular formula is C10H19N5O3. The Morgan fingerprint density at radius 2 is 2.39 bits per heavy atom. The van der Waals surface area contributed by atoms with Gasteiger partial charge in [-0.2, -0.15) is 0 Å². The van der Waals surface area contributed by atoms with Gasteiger partial charge in [0.05, 0.1) is 25.5 Å². The Hall–Kier alpha value is -1.51. The maximum Gasteiger partial charge on any atom is 0.273 e. The molecule has 1 aromatic heterocycles. The summed E-state index contributed by atoms with van der Waals surface area (Å²) >= 11 is 0. The molecule has 1 rings (SSSR count). The van der Waals surface area contributed by atoms with Crippen LogP contribution in [-0.4, -0.2) is 60.9 Å². The average molecular weight is 257 g/mol. The van der Waals surface area contributed by atoms with Crippen LogP contribution < -0.4 is 11.1 Å². The maximum absolute atomic E-state index is 11.7. The van der Waals surface area contributed by atoms with Gasteiger partial charge in [-0.1, -0.05) is 5.21 Å². The van der Waals surface area contributed by atoms with E-state index in [1.54, 1.807) is 20.4 Å². The summed E-state index contributed by atoms with van der Waals surface area (Å²) in [7, 11) is 3.14. The second kappa shape index (κ2) is 7.75. The van der Waals surface area contributed by atoms with Crippen molar-refractivity contribution in [2.24, 2.45) is 5.73 Å². The van der Waals surface area contributed by atoms with Crippen LogP contribution in [0.2, 0.25) is 0 Å². The first-order valence-electron chi connectivity index (χ1n) is 5.61. The van der Waals surface area contributed by atoms with E-state index in [0.29, 0.717) is 26.2 Å². The molecule has 1 unspecified atom stereocenters. The zero-order chi connectivity index (χ0) is 13.4. The highest BCUT2D eigenvalue weighted by Gasteiger charge is 2.13. The summed E-state index contributed by atoms with van der Waals surface area (Å²) in [6, 6.07) is 0. The number of methoxy groups -OCH3 is 2. The second-order valence-electron chi connectivity index (χ2n) is 3.68. The fourth-order valence-electron chi connectivity index (χ4n) is 1.34. The van der Waals surface area contributed by atoms with Gasteiger partial charge < -0.3 is 20.5 Å². The normalized spacial score (nSPS) is 12.4. The van der Waals surface area contributed by atoms with Crippen molar-refractivity contribution in [1.29, 1.82) is 0 Å². The van der Waals surface area contributed by atoms with E-state index < -0.39 is 0 Å². The van der Waals surface area contributed by atoms with Crippen molar-refractivity contribution in [3.8, 4) is 0 Å². The molecule has 0 aromatic carbocycles. The lowest BCUT2D eigenvalue weighted by Gasteiger charge is -2.14. The van der Waals surface area contributed by atoms with Crippen molar-refractivity contribution in [2.75, 3.05) is 33.9 Å². The van der Waals surface area contributed by atoms with Gasteiger partial charge in [0.2, 0.25) is 0 Å². The average Bonchev–Trinajstić information content (AvgIpc) is 2.83. The van der Waals surface area contributed by atoms with Gasteiger partial charge in [-0.3, -0.25) is 9.48 Å². The van der Waals surface area contributed by atoms with E-state index in [0.717, 1.165) is 0 Å². The molecule has 0 fully saturated rings. The Kier molecular flexibility index (Phi) is 6.26. The van der Waals surface area contributed by atoms with E-state index in [-0.39, 0.29) is 17.7 Å². The summed E-state index contributed by atoms with van der Waals surface area (Å²) in [5, 5.41) is 10.2. The van der Waals surface area contributed by atoms with Gasteiger partial charge in [0.15, 0.2) is 5.69 Å². The number of nitrogens with zero attached hydrogens (tertiary/aromatic N) is 3. The van der Waals surface area contributed by atoms with Gasteiger partial charge in [-0.25, -0.2) is 0 Å². The molecule has 1 atom stereocenters. The molecule has 18 heavy (non-hydrogen) atoms. The third-order valence-corrected chi connectivity index (χ3v) is 2.31. The number of nitrogens with one attached hydrogen (secondary N) is 1. The lowest BCUT2D eigenvalue weighted by molar-refractivity contribution is 0.0285. The molecule has 1 heterocycles. The lowest BCUT2D eigenvalue weighted by Crippen LogP contribution is -2.35. The number of carbonyl (C=O) groups excluding carboxylic acids is 1. The van der Waals surface area contributed by atoms with Crippen molar-refractivity contribution < 1.29 is 14.3 Å². The van der Waals surface area contributed by atoms with E-state index in [1.165, 1.54) is 4.68 Å².